The molecule has 1 aliphatic heterocycles. The Bertz CT molecular complexity index is 766. The Labute approximate surface area is 148 Å². The number of hydrogen-bond acceptors (Lipinski definition) is 3. The maximum Gasteiger partial charge on any atom is 0.223 e. The molecule has 0 unspecified atom stereocenters. The molecule has 0 bridgehead atoms. The van der Waals surface area contributed by atoms with Gasteiger partial charge in [-0.05, 0) is 42.0 Å². The molecule has 0 spiro atoms. The van der Waals surface area contributed by atoms with Crippen molar-refractivity contribution in [2.45, 2.75) is 25.2 Å². The smallest absolute Gasteiger partial charge is 0.223 e. The maximum absolute atomic E-state index is 12.7. The molecule has 2 aromatic carbocycles. The molecule has 1 aliphatic carbocycles. The molecule has 4 nitrogen and oxygen atoms in total. The van der Waals surface area contributed by atoms with Gasteiger partial charge in [0, 0.05) is 44.4 Å². The van der Waals surface area contributed by atoms with Crippen LogP contribution in [0.25, 0.3) is 0 Å². The second-order valence-electron chi connectivity index (χ2n) is 7.03. The first-order valence-corrected chi connectivity index (χ1v) is 9.10. The van der Waals surface area contributed by atoms with E-state index in [1.165, 1.54) is 11.1 Å². The number of rotatable bonds is 3. The van der Waals surface area contributed by atoms with E-state index in [4.69, 9.17) is 0 Å². The highest BCUT2D eigenvalue weighted by Crippen LogP contribution is 2.35. The van der Waals surface area contributed by atoms with Crippen molar-refractivity contribution in [3.05, 3.63) is 59.7 Å². The molecular formula is C21H24N2O2. The molecule has 0 saturated carbocycles. The van der Waals surface area contributed by atoms with Crippen LogP contribution in [-0.2, 0) is 11.2 Å². The number of hydrogen-bond donors (Lipinski definition) is 1. The van der Waals surface area contributed by atoms with Gasteiger partial charge in [0.15, 0.2) is 0 Å². The number of benzene rings is 2. The van der Waals surface area contributed by atoms with E-state index in [1.54, 1.807) is 12.1 Å². The van der Waals surface area contributed by atoms with Gasteiger partial charge in [0.2, 0.25) is 5.91 Å². The van der Waals surface area contributed by atoms with Gasteiger partial charge < -0.3 is 14.9 Å². The van der Waals surface area contributed by atoms with E-state index in [0.29, 0.717) is 12.3 Å². The van der Waals surface area contributed by atoms with Crippen molar-refractivity contribution in [1.29, 1.82) is 0 Å². The predicted molar refractivity (Wildman–Crippen MR) is 99.0 cm³/mol. The Hall–Kier alpha value is -2.49. The molecule has 1 atom stereocenters. The third kappa shape index (κ3) is 3.34. The van der Waals surface area contributed by atoms with Crippen LogP contribution in [-0.4, -0.2) is 42.1 Å². The van der Waals surface area contributed by atoms with Crippen molar-refractivity contribution in [1.82, 2.24) is 4.90 Å². The largest absolute Gasteiger partial charge is 0.508 e. The first-order valence-electron chi connectivity index (χ1n) is 9.10. The molecule has 25 heavy (non-hydrogen) atoms. The van der Waals surface area contributed by atoms with Crippen LogP contribution in [0.1, 0.15) is 29.9 Å². The zero-order chi connectivity index (χ0) is 17.2. The number of phenols is 1. The molecule has 1 fully saturated rings. The second-order valence-corrected chi connectivity index (χ2v) is 7.03. The van der Waals surface area contributed by atoms with E-state index in [9.17, 15) is 9.90 Å². The Morgan fingerprint density at radius 1 is 1.04 bits per heavy atom. The lowest BCUT2D eigenvalue weighted by molar-refractivity contribution is -0.131. The lowest BCUT2D eigenvalue weighted by Crippen LogP contribution is -2.49. The average molecular weight is 336 g/mol. The Morgan fingerprint density at radius 3 is 2.64 bits per heavy atom. The number of fused-ring (bicyclic) bond motifs is 1. The van der Waals surface area contributed by atoms with Gasteiger partial charge in [-0.3, -0.25) is 4.79 Å². The number of nitrogens with zero attached hydrogens (tertiary/aromatic N) is 2. The van der Waals surface area contributed by atoms with E-state index in [1.807, 2.05) is 17.0 Å². The molecule has 4 heteroatoms. The minimum Gasteiger partial charge on any atom is -0.508 e. The zero-order valence-electron chi connectivity index (χ0n) is 14.4. The summed E-state index contributed by atoms with van der Waals surface area (Å²) in [5.41, 5.74) is 3.81. The molecule has 1 amide bonds. The topological polar surface area (TPSA) is 43.8 Å². The highest BCUT2D eigenvalue weighted by atomic mass is 16.3. The summed E-state index contributed by atoms with van der Waals surface area (Å²) in [5, 5.41) is 9.63. The summed E-state index contributed by atoms with van der Waals surface area (Å²) in [5.74, 6) is 0.945. The van der Waals surface area contributed by atoms with Gasteiger partial charge >= 0.3 is 0 Å². The quantitative estimate of drug-likeness (QED) is 0.936. The van der Waals surface area contributed by atoms with Crippen molar-refractivity contribution in [2.24, 2.45) is 0 Å². The Morgan fingerprint density at radius 2 is 1.84 bits per heavy atom. The molecule has 1 heterocycles. The van der Waals surface area contributed by atoms with Crippen molar-refractivity contribution in [3.63, 3.8) is 0 Å². The van der Waals surface area contributed by atoms with E-state index < -0.39 is 0 Å². The lowest BCUT2D eigenvalue weighted by Gasteiger charge is -2.36. The standard InChI is InChI=1S/C21H24N2O2/c24-19-6-3-5-18(15-19)22-10-12-23(13-11-22)21(25)14-17-9-8-16-4-1-2-7-20(16)17/h1-7,15,17,24H,8-14H2/t17-/m1/s1. The number of piperazine rings is 1. The summed E-state index contributed by atoms with van der Waals surface area (Å²) in [6.45, 7) is 3.14. The summed E-state index contributed by atoms with van der Waals surface area (Å²) >= 11 is 0. The molecular weight excluding hydrogens is 312 g/mol. The number of carbonyl (C=O) groups is 1. The van der Waals surface area contributed by atoms with Gasteiger partial charge in [-0.1, -0.05) is 30.3 Å². The van der Waals surface area contributed by atoms with Gasteiger partial charge in [-0.2, -0.15) is 0 Å². The van der Waals surface area contributed by atoms with Gasteiger partial charge in [0.25, 0.3) is 0 Å². The number of phenolic OH excluding ortho intramolecular Hbond substituents is 1. The van der Waals surface area contributed by atoms with E-state index >= 15 is 0 Å². The number of amides is 1. The van der Waals surface area contributed by atoms with E-state index in [0.717, 1.165) is 44.7 Å². The maximum atomic E-state index is 12.7. The summed E-state index contributed by atoms with van der Waals surface area (Å²) in [7, 11) is 0. The molecule has 0 aromatic heterocycles. The van der Waals surface area contributed by atoms with Crippen LogP contribution in [0, 0.1) is 0 Å². The summed E-state index contributed by atoms with van der Waals surface area (Å²) in [6.07, 6.45) is 2.82. The monoisotopic (exact) mass is 336 g/mol. The molecule has 0 radical (unpaired) electrons. The fourth-order valence-electron chi connectivity index (χ4n) is 4.10. The van der Waals surface area contributed by atoms with Crippen LogP contribution >= 0.6 is 0 Å². The number of aromatic hydroxyl groups is 1. The lowest BCUT2D eigenvalue weighted by atomic mass is 9.97. The Balaban J connectivity index is 1.34. The minimum absolute atomic E-state index is 0.275. The highest BCUT2D eigenvalue weighted by molar-refractivity contribution is 5.77. The summed E-state index contributed by atoms with van der Waals surface area (Å²) in [4.78, 5) is 17.0. The normalized spacial score (nSPS) is 19.8. The summed E-state index contributed by atoms with van der Waals surface area (Å²) in [6, 6.07) is 15.9. The van der Waals surface area contributed by atoms with Crippen molar-refractivity contribution < 1.29 is 9.90 Å². The molecule has 2 aliphatic rings. The molecule has 4 rings (SSSR count). The third-order valence-corrected chi connectivity index (χ3v) is 5.51. The van der Waals surface area contributed by atoms with E-state index in [-0.39, 0.29) is 11.7 Å². The van der Waals surface area contributed by atoms with Crippen molar-refractivity contribution in [3.8, 4) is 5.75 Å². The fourth-order valence-corrected chi connectivity index (χ4v) is 4.10. The molecule has 130 valence electrons. The van der Waals surface area contributed by atoms with Crippen LogP contribution in [0.4, 0.5) is 5.69 Å². The van der Waals surface area contributed by atoms with Crippen molar-refractivity contribution >= 4 is 11.6 Å². The molecule has 2 aromatic rings. The van der Waals surface area contributed by atoms with Gasteiger partial charge in [-0.15, -0.1) is 0 Å². The van der Waals surface area contributed by atoms with Crippen LogP contribution in [0.3, 0.4) is 0 Å². The van der Waals surface area contributed by atoms with Crippen LogP contribution in [0.2, 0.25) is 0 Å². The fraction of sp³-hybridized carbons (Fsp3) is 0.381. The minimum atomic E-state index is 0.275. The van der Waals surface area contributed by atoms with Gasteiger partial charge in [-0.25, -0.2) is 0 Å². The second kappa shape index (κ2) is 6.79. The Kier molecular flexibility index (Phi) is 4.35. The average Bonchev–Trinajstić information content (AvgIpc) is 3.05. The van der Waals surface area contributed by atoms with Crippen LogP contribution in [0.5, 0.6) is 5.75 Å². The van der Waals surface area contributed by atoms with Crippen LogP contribution < -0.4 is 4.90 Å². The van der Waals surface area contributed by atoms with Crippen LogP contribution in [0.15, 0.2) is 48.5 Å². The first-order chi connectivity index (χ1) is 12.2. The third-order valence-electron chi connectivity index (χ3n) is 5.51. The number of aryl methyl sites for hydroxylation is 1. The SMILES string of the molecule is O=C(C[C@H]1CCc2ccccc21)N1CCN(c2cccc(O)c2)CC1. The van der Waals surface area contributed by atoms with Crippen molar-refractivity contribution in [2.75, 3.05) is 31.1 Å². The highest BCUT2D eigenvalue weighted by Gasteiger charge is 2.28. The summed E-state index contributed by atoms with van der Waals surface area (Å²) < 4.78 is 0. The van der Waals surface area contributed by atoms with Gasteiger partial charge in [0.05, 0.1) is 0 Å². The molecule has 1 N–H and O–H groups in total. The number of anilines is 1. The first kappa shape index (κ1) is 16.0. The van der Waals surface area contributed by atoms with Gasteiger partial charge in [0.1, 0.15) is 5.75 Å². The number of carbonyl (C=O) groups excluding carboxylic acids is 1. The molecule has 1 saturated heterocycles. The zero-order valence-corrected chi connectivity index (χ0v) is 14.4. The van der Waals surface area contributed by atoms with E-state index in [2.05, 4.69) is 29.2 Å². The predicted octanol–water partition coefficient (Wildman–Crippen LogP) is 3.16.